The number of amides is 1. The van der Waals surface area contributed by atoms with Gasteiger partial charge in [0.2, 0.25) is 5.91 Å². The van der Waals surface area contributed by atoms with Crippen LogP contribution in [0.3, 0.4) is 0 Å². The Morgan fingerprint density at radius 2 is 1.67 bits per heavy atom. The average Bonchev–Trinajstić information content (AvgIpc) is 2.01. The summed E-state index contributed by atoms with van der Waals surface area (Å²) in [5.74, 6) is -1.16. The van der Waals surface area contributed by atoms with Crippen LogP contribution >= 0.6 is 0 Å². The van der Waals surface area contributed by atoms with Crippen molar-refractivity contribution < 1.29 is 26.4 Å². The highest BCUT2D eigenvalue weighted by molar-refractivity contribution is 7.90. The first-order valence-corrected chi connectivity index (χ1v) is 5.56. The van der Waals surface area contributed by atoms with Crippen LogP contribution in [0.5, 0.6) is 0 Å². The highest BCUT2D eigenvalue weighted by atomic mass is 32.2. The van der Waals surface area contributed by atoms with E-state index in [0.717, 1.165) is 4.72 Å². The van der Waals surface area contributed by atoms with Gasteiger partial charge in [0, 0.05) is 5.41 Å². The van der Waals surface area contributed by atoms with E-state index in [2.05, 4.69) is 0 Å². The van der Waals surface area contributed by atoms with Gasteiger partial charge < -0.3 is 0 Å². The van der Waals surface area contributed by atoms with Gasteiger partial charge in [0.05, 0.1) is 0 Å². The molecule has 0 aromatic rings. The Hall–Kier alpha value is -0.790. The maximum absolute atomic E-state index is 11.9. The summed E-state index contributed by atoms with van der Waals surface area (Å²) in [4.78, 5) is 11.2. The third-order valence-corrected chi connectivity index (χ3v) is 3.09. The standard InChI is InChI=1S/C7H12F3NO3S/c1-4-6(2,3)5(12)11-15(13,14)7(8,9)10/h4H2,1-3H3,(H,11,12). The van der Waals surface area contributed by atoms with E-state index in [9.17, 15) is 26.4 Å². The molecule has 0 atom stereocenters. The predicted octanol–water partition coefficient (Wildman–Crippen LogP) is 1.39. The van der Waals surface area contributed by atoms with Gasteiger partial charge in [0.1, 0.15) is 0 Å². The molecule has 15 heavy (non-hydrogen) atoms. The molecule has 0 unspecified atom stereocenters. The van der Waals surface area contributed by atoms with E-state index in [-0.39, 0.29) is 6.42 Å². The molecule has 0 radical (unpaired) electrons. The molecule has 0 fully saturated rings. The molecule has 0 saturated heterocycles. The highest BCUT2D eigenvalue weighted by Gasteiger charge is 2.48. The van der Waals surface area contributed by atoms with Crippen LogP contribution in [0.1, 0.15) is 27.2 Å². The van der Waals surface area contributed by atoms with Crippen LogP contribution in [0.25, 0.3) is 0 Å². The van der Waals surface area contributed by atoms with Crippen molar-refractivity contribution in [3.8, 4) is 0 Å². The zero-order valence-corrected chi connectivity index (χ0v) is 9.29. The molecule has 0 saturated carbocycles. The van der Waals surface area contributed by atoms with Crippen molar-refractivity contribution in [3.05, 3.63) is 0 Å². The van der Waals surface area contributed by atoms with Gasteiger partial charge in [0.25, 0.3) is 0 Å². The van der Waals surface area contributed by atoms with Crippen LogP contribution in [0.4, 0.5) is 13.2 Å². The molecule has 0 spiro atoms. The number of rotatable bonds is 3. The first-order chi connectivity index (χ1) is 6.44. The lowest BCUT2D eigenvalue weighted by atomic mass is 9.90. The quantitative estimate of drug-likeness (QED) is 0.819. The minimum atomic E-state index is -5.59. The Balaban J connectivity index is 4.87. The smallest absolute Gasteiger partial charge is 0.273 e. The van der Waals surface area contributed by atoms with Gasteiger partial charge in [-0.3, -0.25) is 4.79 Å². The van der Waals surface area contributed by atoms with E-state index in [1.165, 1.54) is 13.8 Å². The second-order valence-electron chi connectivity index (χ2n) is 3.62. The number of halogens is 3. The largest absolute Gasteiger partial charge is 0.516 e. The third kappa shape index (κ3) is 3.37. The van der Waals surface area contributed by atoms with Gasteiger partial charge >= 0.3 is 15.5 Å². The molecule has 1 N–H and O–H groups in total. The van der Waals surface area contributed by atoms with E-state index in [1.54, 1.807) is 6.92 Å². The topological polar surface area (TPSA) is 63.2 Å². The second kappa shape index (κ2) is 3.99. The van der Waals surface area contributed by atoms with Gasteiger partial charge in [-0.25, -0.2) is 4.72 Å². The number of carbonyl (C=O) groups is 1. The van der Waals surface area contributed by atoms with Gasteiger partial charge in [-0.2, -0.15) is 21.6 Å². The summed E-state index contributed by atoms with van der Waals surface area (Å²) in [6.07, 6.45) is 0.228. The van der Waals surface area contributed by atoms with Gasteiger partial charge in [-0.15, -0.1) is 0 Å². The molecular weight excluding hydrogens is 235 g/mol. The molecule has 90 valence electrons. The van der Waals surface area contributed by atoms with Crippen molar-refractivity contribution >= 4 is 15.9 Å². The lowest BCUT2D eigenvalue weighted by Gasteiger charge is -2.21. The van der Waals surface area contributed by atoms with E-state index >= 15 is 0 Å². The summed E-state index contributed by atoms with van der Waals surface area (Å²) in [6.45, 7) is 4.28. The second-order valence-corrected chi connectivity index (χ2v) is 5.29. The maximum Gasteiger partial charge on any atom is 0.516 e. The fourth-order valence-corrected chi connectivity index (χ4v) is 1.11. The molecule has 8 heteroatoms. The SMILES string of the molecule is CCC(C)(C)C(=O)NS(=O)(=O)C(F)(F)F. The van der Waals surface area contributed by atoms with Crippen LogP contribution in [0.15, 0.2) is 0 Å². The summed E-state index contributed by atoms with van der Waals surface area (Å²) in [5.41, 5.74) is -6.62. The molecule has 0 heterocycles. The zero-order valence-electron chi connectivity index (χ0n) is 8.47. The molecular formula is C7H12F3NO3S. The molecule has 0 rings (SSSR count). The van der Waals surface area contributed by atoms with Crippen molar-refractivity contribution in [2.24, 2.45) is 5.41 Å². The normalized spacial score (nSPS) is 13.7. The molecule has 0 aliphatic rings. The number of hydrogen-bond donors (Lipinski definition) is 1. The van der Waals surface area contributed by atoms with Crippen molar-refractivity contribution in [1.82, 2.24) is 4.72 Å². The molecule has 0 aromatic heterocycles. The molecule has 0 aromatic carbocycles. The molecule has 0 aliphatic heterocycles. The van der Waals surface area contributed by atoms with Gasteiger partial charge in [-0.05, 0) is 6.42 Å². The van der Waals surface area contributed by atoms with E-state index in [1.807, 2.05) is 0 Å². The third-order valence-electron chi connectivity index (χ3n) is 2.03. The summed E-state index contributed by atoms with van der Waals surface area (Å²) < 4.78 is 57.8. The number of sulfonamides is 1. The number of alkyl halides is 3. The highest BCUT2D eigenvalue weighted by Crippen LogP contribution is 2.25. The number of hydrogen-bond acceptors (Lipinski definition) is 3. The maximum atomic E-state index is 11.9. The van der Waals surface area contributed by atoms with Crippen molar-refractivity contribution in [3.63, 3.8) is 0 Å². The van der Waals surface area contributed by atoms with E-state index in [4.69, 9.17) is 0 Å². The lowest BCUT2D eigenvalue weighted by Crippen LogP contribution is -2.45. The Labute approximate surface area is 85.9 Å². The number of nitrogens with one attached hydrogen (secondary N) is 1. The van der Waals surface area contributed by atoms with E-state index < -0.39 is 26.9 Å². The van der Waals surface area contributed by atoms with Crippen LogP contribution < -0.4 is 4.72 Å². The lowest BCUT2D eigenvalue weighted by molar-refractivity contribution is -0.128. The molecule has 0 bridgehead atoms. The Kier molecular flexibility index (Phi) is 3.78. The van der Waals surface area contributed by atoms with Gasteiger partial charge in [0.15, 0.2) is 0 Å². The minimum absolute atomic E-state index is 0.228. The van der Waals surface area contributed by atoms with Crippen LogP contribution in [-0.2, 0) is 14.8 Å². The predicted molar refractivity (Wildman–Crippen MR) is 47.2 cm³/mol. The Morgan fingerprint density at radius 1 is 1.27 bits per heavy atom. The number of carbonyl (C=O) groups excluding carboxylic acids is 1. The zero-order chi connectivity index (χ0) is 12.5. The summed E-state index contributed by atoms with van der Waals surface area (Å²) in [6, 6.07) is 0. The van der Waals surface area contributed by atoms with Crippen molar-refractivity contribution in [1.29, 1.82) is 0 Å². The van der Waals surface area contributed by atoms with E-state index in [0.29, 0.717) is 0 Å². The Morgan fingerprint density at radius 3 is 1.93 bits per heavy atom. The van der Waals surface area contributed by atoms with Gasteiger partial charge in [-0.1, -0.05) is 20.8 Å². The molecule has 4 nitrogen and oxygen atoms in total. The Bertz CT molecular complexity index is 345. The van der Waals surface area contributed by atoms with Crippen LogP contribution in [0.2, 0.25) is 0 Å². The first-order valence-electron chi connectivity index (χ1n) is 4.07. The van der Waals surface area contributed by atoms with Crippen LogP contribution in [-0.4, -0.2) is 19.8 Å². The first kappa shape index (κ1) is 14.2. The minimum Gasteiger partial charge on any atom is -0.273 e. The summed E-state index contributed by atoms with van der Waals surface area (Å²) in [5, 5.41) is 0. The average molecular weight is 247 g/mol. The monoisotopic (exact) mass is 247 g/mol. The molecule has 1 amide bonds. The van der Waals surface area contributed by atoms with Crippen molar-refractivity contribution in [2.45, 2.75) is 32.7 Å². The fourth-order valence-electron chi connectivity index (χ4n) is 0.479. The van der Waals surface area contributed by atoms with Crippen LogP contribution in [0, 0.1) is 5.41 Å². The summed E-state index contributed by atoms with van der Waals surface area (Å²) >= 11 is 0. The molecule has 0 aliphatic carbocycles. The fraction of sp³-hybridized carbons (Fsp3) is 0.857. The summed E-state index contributed by atoms with van der Waals surface area (Å²) in [7, 11) is -5.59. The van der Waals surface area contributed by atoms with Crippen molar-refractivity contribution in [2.75, 3.05) is 0 Å².